The van der Waals surface area contributed by atoms with Crippen LogP contribution in [0.4, 0.5) is 11.4 Å². The van der Waals surface area contributed by atoms with Crippen LogP contribution in [0.2, 0.25) is 0 Å². The average Bonchev–Trinajstić information content (AvgIpc) is 2.39. The molecular formula is C14H24N2O4S. The Balaban J connectivity index is 3.12. The van der Waals surface area contributed by atoms with E-state index in [0.29, 0.717) is 25.4 Å². The highest BCUT2D eigenvalue weighted by atomic mass is 32.2. The van der Waals surface area contributed by atoms with Crippen LogP contribution in [0.1, 0.15) is 6.92 Å². The molecule has 0 heterocycles. The number of hydrogen-bond acceptors (Lipinski definition) is 6. The van der Waals surface area contributed by atoms with Gasteiger partial charge in [0, 0.05) is 33.1 Å². The Morgan fingerprint density at radius 2 is 1.95 bits per heavy atom. The van der Waals surface area contributed by atoms with Crippen LogP contribution in [0.25, 0.3) is 0 Å². The SMILES string of the molecule is COCCN(c1ccc(S(C)(=O)=O)cc1N)C(C)COC. The number of benzene rings is 1. The van der Waals surface area contributed by atoms with Crippen molar-refractivity contribution < 1.29 is 17.9 Å². The molecule has 0 aliphatic carbocycles. The third-order valence-corrected chi connectivity index (χ3v) is 4.32. The van der Waals surface area contributed by atoms with Crippen molar-refractivity contribution in [2.24, 2.45) is 0 Å². The highest BCUT2D eigenvalue weighted by Crippen LogP contribution is 2.27. The highest BCUT2D eigenvalue weighted by molar-refractivity contribution is 7.90. The minimum Gasteiger partial charge on any atom is -0.397 e. The maximum Gasteiger partial charge on any atom is 0.175 e. The van der Waals surface area contributed by atoms with Crippen LogP contribution < -0.4 is 10.6 Å². The first-order valence-corrected chi connectivity index (χ1v) is 8.54. The molecule has 1 atom stereocenters. The molecule has 6 nitrogen and oxygen atoms in total. The molecule has 0 aromatic heterocycles. The third-order valence-electron chi connectivity index (χ3n) is 3.21. The van der Waals surface area contributed by atoms with Gasteiger partial charge in [0.1, 0.15) is 0 Å². The molecule has 0 saturated carbocycles. The Morgan fingerprint density at radius 3 is 2.43 bits per heavy atom. The summed E-state index contributed by atoms with van der Waals surface area (Å²) >= 11 is 0. The van der Waals surface area contributed by atoms with Crippen molar-refractivity contribution in [2.75, 3.05) is 50.9 Å². The van der Waals surface area contributed by atoms with Crippen LogP contribution in [-0.2, 0) is 19.3 Å². The van der Waals surface area contributed by atoms with Gasteiger partial charge in [-0.1, -0.05) is 0 Å². The Hall–Kier alpha value is -1.31. The summed E-state index contributed by atoms with van der Waals surface area (Å²) in [6, 6.07) is 4.88. The quantitative estimate of drug-likeness (QED) is 0.725. The van der Waals surface area contributed by atoms with Gasteiger partial charge in [-0.05, 0) is 25.1 Å². The molecule has 0 fully saturated rings. The molecule has 1 aromatic carbocycles. The van der Waals surface area contributed by atoms with E-state index >= 15 is 0 Å². The predicted octanol–water partition coefficient (Wildman–Crippen LogP) is 1.16. The summed E-state index contributed by atoms with van der Waals surface area (Å²) in [5.41, 5.74) is 7.25. The topological polar surface area (TPSA) is 81.9 Å². The van der Waals surface area contributed by atoms with E-state index < -0.39 is 9.84 Å². The Labute approximate surface area is 126 Å². The normalized spacial score (nSPS) is 13.1. The molecule has 7 heteroatoms. The van der Waals surface area contributed by atoms with Gasteiger partial charge in [0.25, 0.3) is 0 Å². The minimum atomic E-state index is -3.26. The van der Waals surface area contributed by atoms with Crippen molar-refractivity contribution in [1.29, 1.82) is 0 Å². The molecule has 0 aliphatic rings. The van der Waals surface area contributed by atoms with Crippen LogP contribution in [0.3, 0.4) is 0 Å². The van der Waals surface area contributed by atoms with Gasteiger partial charge in [-0.15, -0.1) is 0 Å². The van der Waals surface area contributed by atoms with Crippen LogP contribution in [0.15, 0.2) is 23.1 Å². The Bertz CT molecular complexity index is 560. The van der Waals surface area contributed by atoms with E-state index in [1.165, 1.54) is 6.07 Å². The molecule has 2 N–H and O–H groups in total. The van der Waals surface area contributed by atoms with E-state index in [2.05, 4.69) is 0 Å². The molecule has 1 rings (SSSR count). The van der Waals surface area contributed by atoms with E-state index in [-0.39, 0.29) is 10.9 Å². The Morgan fingerprint density at radius 1 is 1.29 bits per heavy atom. The number of nitrogens with two attached hydrogens (primary N) is 1. The van der Waals surface area contributed by atoms with Crippen LogP contribution in [0, 0.1) is 0 Å². The fourth-order valence-electron chi connectivity index (χ4n) is 2.12. The number of ether oxygens (including phenoxy) is 2. The molecule has 0 saturated heterocycles. The van der Waals surface area contributed by atoms with Crippen molar-refractivity contribution in [3.8, 4) is 0 Å². The zero-order valence-corrected chi connectivity index (χ0v) is 13.8. The van der Waals surface area contributed by atoms with Crippen molar-refractivity contribution in [1.82, 2.24) is 0 Å². The van der Waals surface area contributed by atoms with E-state index in [0.717, 1.165) is 11.9 Å². The third kappa shape index (κ3) is 4.87. The second-order valence-electron chi connectivity index (χ2n) is 4.98. The van der Waals surface area contributed by atoms with E-state index in [1.807, 2.05) is 11.8 Å². The van der Waals surface area contributed by atoms with E-state index in [1.54, 1.807) is 26.4 Å². The number of rotatable bonds is 8. The zero-order chi connectivity index (χ0) is 16.0. The second kappa shape index (κ2) is 7.63. The molecule has 1 unspecified atom stereocenters. The van der Waals surface area contributed by atoms with Gasteiger partial charge >= 0.3 is 0 Å². The van der Waals surface area contributed by atoms with E-state index in [4.69, 9.17) is 15.2 Å². The first kappa shape index (κ1) is 17.7. The van der Waals surface area contributed by atoms with Crippen molar-refractivity contribution in [3.63, 3.8) is 0 Å². The summed E-state index contributed by atoms with van der Waals surface area (Å²) in [7, 11) is 0.0111. The molecule has 0 bridgehead atoms. The number of anilines is 2. The van der Waals surface area contributed by atoms with Gasteiger partial charge < -0.3 is 20.1 Å². The van der Waals surface area contributed by atoms with Gasteiger partial charge in [0.2, 0.25) is 0 Å². The first-order chi connectivity index (χ1) is 9.81. The summed E-state index contributed by atoms with van der Waals surface area (Å²) in [5, 5.41) is 0. The Kier molecular flexibility index (Phi) is 6.44. The van der Waals surface area contributed by atoms with Crippen LogP contribution in [-0.4, -0.2) is 54.7 Å². The number of methoxy groups -OCH3 is 2. The lowest BCUT2D eigenvalue weighted by Crippen LogP contribution is -2.39. The number of sulfone groups is 1. The summed E-state index contributed by atoms with van der Waals surface area (Å²) < 4.78 is 33.4. The largest absolute Gasteiger partial charge is 0.397 e. The zero-order valence-electron chi connectivity index (χ0n) is 13.0. The lowest BCUT2D eigenvalue weighted by atomic mass is 10.2. The molecule has 0 amide bonds. The molecule has 0 spiro atoms. The number of nitrogens with zero attached hydrogens (tertiary/aromatic N) is 1. The molecule has 0 radical (unpaired) electrons. The minimum absolute atomic E-state index is 0.0940. The van der Waals surface area contributed by atoms with Gasteiger partial charge in [-0.3, -0.25) is 0 Å². The van der Waals surface area contributed by atoms with Crippen molar-refractivity contribution >= 4 is 21.2 Å². The molecule has 0 aliphatic heterocycles. The monoisotopic (exact) mass is 316 g/mol. The fraction of sp³-hybridized carbons (Fsp3) is 0.571. The lowest BCUT2D eigenvalue weighted by Gasteiger charge is -2.32. The number of nitrogen functional groups attached to an aromatic ring is 1. The maximum atomic E-state index is 11.6. The van der Waals surface area contributed by atoms with Crippen LogP contribution in [0.5, 0.6) is 0 Å². The molecule has 120 valence electrons. The van der Waals surface area contributed by atoms with Gasteiger partial charge in [-0.2, -0.15) is 0 Å². The lowest BCUT2D eigenvalue weighted by molar-refractivity contribution is 0.171. The van der Waals surface area contributed by atoms with Crippen molar-refractivity contribution in [3.05, 3.63) is 18.2 Å². The summed E-state index contributed by atoms with van der Waals surface area (Å²) in [6.45, 7) is 3.74. The van der Waals surface area contributed by atoms with Gasteiger partial charge in [0.05, 0.1) is 29.5 Å². The highest BCUT2D eigenvalue weighted by Gasteiger charge is 2.18. The second-order valence-corrected chi connectivity index (χ2v) is 7.00. The fourth-order valence-corrected chi connectivity index (χ4v) is 2.78. The maximum absolute atomic E-state index is 11.6. The number of hydrogen-bond donors (Lipinski definition) is 1. The summed E-state index contributed by atoms with van der Waals surface area (Å²) in [5.74, 6) is 0. The first-order valence-electron chi connectivity index (χ1n) is 6.65. The predicted molar refractivity (Wildman–Crippen MR) is 84.5 cm³/mol. The smallest absolute Gasteiger partial charge is 0.175 e. The molecule has 21 heavy (non-hydrogen) atoms. The molecule has 1 aromatic rings. The molecular weight excluding hydrogens is 292 g/mol. The average molecular weight is 316 g/mol. The van der Waals surface area contributed by atoms with Crippen LogP contribution >= 0.6 is 0 Å². The van der Waals surface area contributed by atoms with Gasteiger partial charge in [-0.25, -0.2) is 8.42 Å². The van der Waals surface area contributed by atoms with E-state index in [9.17, 15) is 8.42 Å². The summed E-state index contributed by atoms with van der Waals surface area (Å²) in [6.07, 6.45) is 1.16. The standard InChI is InChI=1S/C14H24N2O4S/c1-11(10-20-3)16(7-8-19-2)14-6-5-12(9-13(14)15)21(4,17)18/h5-6,9,11H,7-8,10,15H2,1-4H3. The van der Waals surface area contributed by atoms with Gasteiger partial charge in [0.15, 0.2) is 9.84 Å². The van der Waals surface area contributed by atoms with Crippen molar-refractivity contribution in [2.45, 2.75) is 17.9 Å². The summed E-state index contributed by atoms with van der Waals surface area (Å²) in [4.78, 5) is 2.27.